The molecule has 0 saturated carbocycles. The molecule has 1 unspecified atom stereocenters. The van der Waals surface area contributed by atoms with E-state index in [0.29, 0.717) is 5.89 Å². The molecule has 2 heterocycles. The Morgan fingerprint density at radius 2 is 2.26 bits per heavy atom. The summed E-state index contributed by atoms with van der Waals surface area (Å²) in [6, 6.07) is 8.21. The Hall–Kier alpha value is -0.990. The maximum atomic E-state index is 5.41. The molecule has 0 aliphatic carbocycles. The Kier molecular flexibility index (Phi) is 3.81. The first-order valence-corrected chi connectivity index (χ1v) is 7.33. The van der Waals surface area contributed by atoms with Crippen LogP contribution in [-0.2, 0) is 0 Å². The first-order valence-electron chi connectivity index (χ1n) is 6.25. The first kappa shape index (κ1) is 13.0. The van der Waals surface area contributed by atoms with Gasteiger partial charge in [0.25, 0.3) is 5.89 Å². The highest BCUT2D eigenvalue weighted by atomic mass is 127. The number of piperazine rings is 1. The van der Waals surface area contributed by atoms with Gasteiger partial charge in [0.05, 0.1) is 11.6 Å². The molecule has 1 saturated heterocycles. The van der Waals surface area contributed by atoms with Crippen LogP contribution in [0.15, 0.2) is 28.8 Å². The van der Waals surface area contributed by atoms with Crippen LogP contribution in [0.3, 0.4) is 0 Å². The van der Waals surface area contributed by atoms with Gasteiger partial charge in [-0.2, -0.15) is 4.98 Å². The van der Waals surface area contributed by atoms with Gasteiger partial charge in [-0.3, -0.25) is 4.90 Å². The van der Waals surface area contributed by atoms with E-state index in [0.717, 1.165) is 34.6 Å². The predicted octanol–water partition coefficient (Wildman–Crippen LogP) is 1.92. The molecule has 1 atom stereocenters. The molecule has 5 nitrogen and oxygen atoms in total. The summed E-state index contributed by atoms with van der Waals surface area (Å²) in [6.45, 7) is 2.87. The second-order valence-electron chi connectivity index (χ2n) is 4.64. The van der Waals surface area contributed by atoms with Crippen LogP contribution in [0.4, 0.5) is 0 Å². The lowest BCUT2D eigenvalue weighted by Gasteiger charge is -2.30. The van der Waals surface area contributed by atoms with Crippen LogP contribution in [0.5, 0.6) is 0 Å². The molecule has 0 radical (unpaired) electrons. The Morgan fingerprint density at radius 1 is 1.42 bits per heavy atom. The van der Waals surface area contributed by atoms with Gasteiger partial charge in [-0.1, -0.05) is 17.3 Å². The third-order valence-corrected chi connectivity index (χ3v) is 4.30. The van der Waals surface area contributed by atoms with Gasteiger partial charge < -0.3 is 9.84 Å². The monoisotopic (exact) mass is 370 g/mol. The summed E-state index contributed by atoms with van der Waals surface area (Å²) in [4.78, 5) is 6.80. The van der Waals surface area contributed by atoms with Crippen molar-refractivity contribution >= 4 is 22.6 Å². The predicted molar refractivity (Wildman–Crippen MR) is 80.7 cm³/mol. The minimum Gasteiger partial charge on any atom is -0.334 e. The zero-order chi connectivity index (χ0) is 13.2. The van der Waals surface area contributed by atoms with Crippen LogP contribution in [-0.4, -0.2) is 41.7 Å². The van der Waals surface area contributed by atoms with Crippen molar-refractivity contribution in [2.75, 3.05) is 26.7 Å². The van der Waals surface area contributed by atoms with Gasteiger partial charge in [0.1, 0.15) is 0 Å². The van der Waals surface area contributed by atoms with Crippen molar-refractivity contribution in [3.63, 3.8) is 0 Å². The summed E-state index contributed by atoms with van der Waals surface area (Å²) >= 11 is 2.28. The molecule has 1 fully saturated rings. The normalized spacial score (nSPS) is 20.6. The molecule has 1 aromatic heterocycles. The number of rotatable bonds is 2. The van der Waals surface area contributed by atoms with Gasteiger partial charge >= 0.3 is 0 Å². The lowest BCUT2D eigenvalue weighted by atomic mass is 10.2. The number of likely N-dealkylation sites (N-methyl/N-ethyl adjacent to an activating group) is 1. The van der Waals surface area contributed by atoms with E-state index in [1.54, 1.807) is 0 Å². The van der Waals surface area contributed by atoms with Gasteiger partial charge in [-0.15, -0.1) is 0 Å². The van der Waals surface area contributed by atoms with Crippen molar-refractivity contribution in [3.8, 4) is 11.5 Å². The highest BCUT2D eigenvalue weighted by Gasteiger charge is 2.25. The quantitative estimate of drug-likeness (QED) is 0.819. The number of benzene rings is 1. The van der Waals surface area contributed by atoms with Crippen LogP contribution in [0.25, 0.3) is 11.5 Å². The fraction of sp³-hybridized carbons (Fsp3) is 0.385. The second-order valence-corrected chi connectivity index (χ2v) is 5.80. The van der Waals surface area contributed by atoms with Crippen molar-refractivity contribution in [1.82, 2.24) is 20.4 Å². The first-order chi connectivity index (χ1) is 9.25. The number of nitrogens with one attached hydrogen (secondary N) is 1. The van der Waals surface area contributed by atoms with Crippen molar-refractivity contribution in [3.05, 3.63) is 33.7 Å². The molecule has 3 rings (SSSR count). The average molecular weight is 370 g/mol. The molecular weight excluding hydrogens is 355 g/mol. The van der Waals surface area contributed by atoms with Crippen molar-refractivity contribution in [2.45, 2.75) is 6.04 Å². The van der Waals surface area contributed by atoms with Crippen molar-refractivity contribution < 1.29 is 4.52 Å². The van der Waals surface area contributed by atoms with Gasteiger partial charge in [-0.25, -0.2) is 0 Å². The lowest BCUT2D eigenvalue weighted by Crippen LogP contribution is -2.44. The molecule has 6 heteroatoms. The Morgan fingerprint density at radius 3 is 3.05 bits per heavy atom. The molecule has 0 spiro atoms. The Labute approximate surface area is 125 Å². The van der Waals surface area contributed by atoms with E-state index in [1.807, 2.05) is 24.3 Å². The highest BCUT2D eigenvalue weighted by molar-refractivity contribution is 14.1. The Balaban J connectivity index is 1.89. The summed E-state index contributed by atoms with van der Waals surface area (Å²) in [5, 5.41) is 7.50. The SMILES string of the molecule is CN1CCNCC1c1noc(-c2ccccc2I)n1. The Bertz CT molecular complexity index is 571. The van der Waals surface area contributed by atoms with E-state index in [4.69, 9.17) is 4.52 Å². The second kappa shape index (κ2) is 5.56. The zero-order valence-electron chi connectivity index (χ0n) is 10.6. The molecule has 19 heavy (non-hydrogen) atoms. The highest BCUT2D eigenvalue weighted by Crippen LogP contribution is 2.25. The largest absolute Gasteiger partial charge is 0.334 e. The van der Waals surface area contributed by atoms with Gasteiger partial charge in [0, 0.05) is 23.2 Å². The van der Waals surface area contributed by atoms with Gasteiger partial charge in [0.15, 0.2) is 5.82 Å². The summed E-state index contributed by atoms with van der Waals surface area (Å²) in [7, 11) is 2.09. The molecule has 0 amide bonds. The van der Waals surface area contributed by atoms with Crippen molar-refractivity contribution in [1.29, 1.82) is 0 Å². The number of hydrogen-bond acceptors (Lipinski definition) is 5. The lowest BCUT2D eigenvalue weighted by molar-refractivity contribution is 0.190. The molecular formula is C13H15IN4O. The summed E-state index contributed by atoms with van der Waals surface area (Å²) in [5.41, 5.74) is 0.994. The number of halogens is 1. The minimum absolute atomic E-state index is 0.188. The fourth-order valence-corrected chi connectivity index (χ4v) is 2.83. The molecule has 2 aromatic rings. The van der Waals surface area contributed by atoms with Crippen LogP contribution >= 0.6 is 22.6 Å². The summed E-state index contributed by atoms with van der Waals surface area (Å²) in [6.07, 6.45) is 0. The van der Waals surface area contributed by atoms with Crippen LogP contribution in [0.2, 0.25) is 0 Å². The van der Waals surface area contributed by atoms with Gasteiger partial charge in [0.2, 0.25) is 0 Å². The fourth-order valence-electron chi connectivity index (χ4n) is 2.21. The zero-order valence-corrected chi connectivity index (χ0v) is 12.8. The van der Waals surface area contributed by atoms with Crippen LogP contribution in [0.1, 0.15) is 11.9 Å². The smallest absolute Gasteiger partial charge is 0.259 e. The summed E-state index contributed by atoms with van der Waals surface area (Å²) < 4.78 is 6.53. The topological polar surface area (TPSA) is 54.2 Å². The van der Waals surface area contributed by atoms with E-state index in [-0.39, 0.29) is 6.04 Å². The van der Waals surface area contributed by atoms with E-state index in [1.165, 1.54) is 0 Å². The van der Waals surface area contributed by atoms with Crippen LogP contribution < -0.4 is 5.32 Å². The van der Waals surface area contributed by atoms with E-state index in [9.17, 15) is 0 Å². The third kappa shape index (κ3) is 2.65. The van der Waals surface area contributed by atoms with E-state index < -0.39 is 0 Å². The van der Waals surface area contributed by atoms with Crippen molar-refractivity contribution in [2.24, 2.45) is 0 Å². The molecule has 0 bridgehead atoms. The number of nitrogens with zero attached hydrogens (tertiary/aromatic N) is 3. The van der Waals surface area contributed by atoms with Gasteiger partial charge in [-0.05, 0) is 41.8 Å². The molecule has 1 aromatic carbocycles. The maximum Gasteiger partial charge on any atom is 0.259 e. The average Bonchev–Trinajstić information content (AvgIpc) is 2.89. The molecule has 1 aliphatic heterocycles. The standard InChI is InChI=1S/C13H15IN4O/c1-18-7-6-15-8-11(18)12-16-13(19-17-12)9-4-2-3-5-10(9)14/h2-5,11,15H,6-8H2,1H3. The summed E-state index contributed by atoms with van der Waals surface area (Å²) in [5.74, 6) is 1.35. The van der Waals surface area contributed by atoms with E-state index in [2.05, 4.69) is 50.0 Å². The minimum atomic E-state index is 0.188. The molecule has 1 N–H and O–H groups in total. The number of aromatic nitrogens is 2. The molecule has 100 valence electrons. The molecule has 1 aliphatic rings. The number of hydrogen-bond donors (Lipinski definition) is 1. The third-order valence-electron chi connectivity index (χ3n) is 3.36. The van der Waals surface area contributed by atoms with Crippen LogP contribution in [0, 0.1) is 3.57 Å². The van der Waals surface area contributed by atoms with E-state index >= 15 is 0 Å². The maximum absolute atomic E-state index is 5.41.